The smallest absolute Gasteiger partial charge is 0.387 e. The molecule has 1 saturated heterocycles. The Morgan fingerprint density at radius 1 is 1.32 bits per heavy atom. The Labute approximate surface area is 164 Å². The van der Waals surface area contributed by atoms with Crippen molar-refractivity contribution in [2.45, 2.75) is 32.8 Å². The maximum absolute atomic E-state index is 12.4. The van der Waals surface area contributed by atoms with E-state index < -0.39 is 6.61 Å². The zero-order valence-corrected chi connectivity index (χ0v) is 16.9. The summed E-state index contributed by atoms with van der Waals surface area (Å²) in [7, 11) is 1.41. The number of guanidine groups is 1. The number of alkyl halides is 2. The molecule has 0 bridgehead atoms. The number of likely N-dealkylation sites (tertiary alicyclic amines) is 1. The summed E-state index contributed by atoms with van der Waals surface area (Å²) in [5.74, 6) is 1.61. The van der Waals surface area contributed by atoms with E-state index in [0.717, 1.165) is 37.4 Å². The summed E-state index contributed by atoms with van der Waals surface area (Å²) in [4.78, 5) is 6.50. The second-order valence-corrected chi connectivity index (χ2v) is 6.02. The molecule has 5 nitrogen and oxygen atoms in total. The second kappa shape index (κ2) is 10.6. The highest BCUT2D eigenvalue weighted by Crippen LogP contribution is 2.29. The monoisotopic (exact) mass is 469 g/mol. The first kappa shape index (κ1) is 21.7. The molecule has 8 heteroatoms. The van der Waals surface area contributed by atoms with E-state index >= 15 is 0 Å². The van der Waals surface area contributed by atoms with Crippen LogP contribution >= 0.6 is 24.0 Å². The van der Waals surface area contributed by atoms with Crippen LogP contribution in [0.3, 0.4) is 0 Å². The third kappa shape index (κ3) is 6.83. The van der Waals surface area contributed by atoms with Gasteiger partial charge in [-0.25, -0.2) is 0 Å². The summed E-state index contributed by atoms with van der Waals surface area (Å²) in [6, 6.07) is 4.98. The number of hydrogen-bond donors (Lipinski definition) is 1. The van der Waals surface area contributed by atoms with E-state index in [1.54, 1.807) is 12.1 Å². The molecule has 1 aliphatic rings. The van der Waals surface area contributed by atoms with E-state index in [1.165, 1.54) is 7.11 Å². The van der Waals surface area contributed by atoms with Crippen LogP contribution in [0.1, 0.15) is 25.3 Å². The largest absolute Gasteiger partial charge is 0.493 e. The fourth-order valence-corrected chi connectivity index (χ4v) is 2.70. The molecule has 0 aliphatic carbocycles. The molecule has 142 valence electrons. The van der Waals surface area contributed by atoms with Crippen LogP contribution in [-0.4, -0.2) is 44.2 Å². The quantitative estimate of drug-likeness (QED) is 0.394. The Balaban J connectivity index is 0.00000312. The minimum Gasteiger partial charge on any atom is -0.493 e. The predicted molar refractivity (Wildman–Crippen MR) is 105 cm³/mol. The maximum atomic E-state index is 12.4. The van der Waals surface area contributed by atoms with E-state index in [4.69, 9.17) is 10.5 Å². The lowest BCUT2D eigenvalue weighted by molar-refractivity contribution is -0.0512. The molecule has 0 saturated carbocycles. The minimum absolute atomic E-state index is 0. The Bertz CT molecular complexity index is 565. The van der Waals surface area contributed by atoms with Crippen LogP contribution in [0.5, 0.6) is 11.5 Å². The van der Waals surface area contributed by atoms with Crippen molar-refractivity contribution in [3.8, 4) is 11.5 Å². The van der Waals surface area contributed by atoms with Crippen LogP contribution in [0, 0.1) is 5.92 Å². The summed E-state index contributed by atoms with van der Waals surface area (Å²) in [5, 5.41) is 0. The van der Waals surface area contributed by atoms with E-state index in [-0.39, 0.29) is 35.5 Å². The van der Waals surface area contributed by atoms with Gasteiger partial charge < -0.3 is 20.1 Å². The number of methoxy groups -OCH3 is 1. The highest BCUT2D eigenvalue weighted by atomic mass is 127. The number of ether oxygens (including phenoxy) is 2. The average Bonchev–Trinajstić information content (AvgIpc) is 2.55. The van der Waals surface area contributed by atoms with Crippen molar-refractivity contribution in [3.05, 3.63) is 23.8 Å². The first-order valence-electron chi connectivity index (χ1n) is 8.16. The van der Waals surface area contributed by atoms with Gasteiger partial charge in [0.2, 0.25) is 0 Å². The van der Waals surface area contributed by atoms with Gasteiger partial charge in [0.25, 0.3) is 0 Å². The van der Waals surface area contributed by atoms with Crippen LogP contribution < -0.4 is 15.2 Å². The lowest BCUT2D eigenvalue weighted by Gasteiger charge is -2.31. The highest BCUT2D eigenvalue weighted by molar-refractivity contribution is 14.0. The van der Waals surface area contributed by atoms with Gasteiger partial charge in [0.05, 0.1) is 7.11 Å². The molecule has 0 radical (unpaired) electrons. The molecule has 1 aliphatic heterocycles. The van der Waals surface area contributed by atoms with Crippen molar-refractivity contribution in [3.63, 3.8) is 0 Å². The summed E-state index contributed by atoms with van der Waals surface area (Å²) in [5.41, 5.74) is 6.87. The van der Waals surface area contributed by atoms with Crippen molar-refractivity contribution >= 4 is 29.9 Å². The standard InChI is InChI=1S/C17H25F2N3O2.HI/c1-12-6-9-22(10-7-12)17(20)21-8-5-13-3-4-14(23-2)15(11-13)24-16(18)19;/h3-4,11-12,16H,5-10H2,1-2H3,(H2,20,21);1H. The summed E-state index contributed by atoms with van der Waals surface area (Å²) in [6.45, 7) is 1.73. The van der Waals surface area contributed by atoms with Crippen molar-refractivity contribution in [2.75, 3.05) is 26.7 Å². The molecule has 2 N–H and O–H groups in total. The molecule has 2 rings (SSSR count). The van der Waals surface area contributed by atoms with Gasteiger partial charge in [0.1, 0.15) is 0 Å². The van der Waals surface area contributed by atoms with E-state index in [9.17, 15) is 8.78 Å². The Kier molecular flexibility index (Phi) is 9.23. The number of piperidine rings is 1. The number of halogens is 3. The van der Waals surface area contributed by atoms with E-state index in [0.29, 0.717) is 18.9 Å². The Morgan fingerprint density at radius 3 is 2.60 bits per heavy atom. The number of benzene rings is 1. The molecule has 0 aromatic heterocycles. The fraction of sp³-hybridized carbons (Fsp3) is 0.588. The summed E-state index contributed by atoms with van der Waals surface area (Å²) < 4.78 is 34.4. The Morgan fingerprint density at radius 2 is 2.00 bits per heavy atom. The fourth-order valence-electron chi connectivity index (χ4n) is 2.70. The van der Waals surface area contributed by atoms with Crippen molar-refractivity contribution in [1.29, 1.82) is 0 Å². The molecule has 1 fully saturated rings. The topological polar surface area (TPSA) is 60.1 Å². The number of nitrogens with two attached hydrogens (primary N) is 1. The molecule has 25 heavy (non-hydrogen) atoms. The number of aliphatic imine (C=N–C) groups is 1. The average molecular weight is 469 g/mol. The van der Waals surface area contributed by atoms with Gasteiger partial charge in [-0.15, -0.1) is 24.0 Å². The van der Waals surface area contributed by atoms with Gasteiger partial charge in [0, 0.05) is 19.6 Å². The summed E-state index contributed by atoms with van der Waals surface area (Å²) >= 11 is 0. The molecule has 0 spiro atoms. The van der Waals surface area contributed by atoms with E-state index in [2.05, 4.69) is 21.6 Å². The van der Waals surface area contributed by atoms with Crippen LogP contribution in [0.4, 0.5) is 8.78 Å². The minimum atomic E-state index is -2.88. The molecular formula is C17H26F2IN3O2. The van der Waals surface area contributed by atoms with Crippen molar-refractivity contribution < 1.29 is 18.3 Å². The van der Waals surface area contributed by atoms with Gasteiger partial charge in [-0.3, -0.25) is 4.99 Å². The highest BCUT2D eigenvalue weighted by Gasteiger charge is 2.17. The van der Waals surface area contributed by atoms with Gasteiger partial charge in [-0.05, 0) is 42.9 Å². The SMILES string of the molecule is COc1ccc(CCN=C(N)N2CCC(C)CC2)cc1OC(F)F.I. The van der Waals surface area contributed by atoms with Gasteiger partial charge in [0.15, 0.2) is 17.5 Å². The molecule has 0 amide bonds. The van der Waals surface area contributed by atoms with Crippen LogP contribution in [0.15, 0.2) is 23.2 Å². The Hall–Kier alpha value is -1.32. The zero-order chi connectivity index (χ0) is 17.5. The van der Waals surface area contributed by atoms with Crippen molar-refractivity contribution in [2.24, 2.45) is 16.6 Å². The normalized spacial score (nSPS) is 15.9. The van der Waals surface area contributed by atoms with Crippen molar-refractivity contribution in [1.82, 2.24) is 4.90 Å². The van der Waals surface area contributed by atoms with Crippen LogP contribution in [0.25, 0.3) is 0 Å². The number of rotatable bonds is 6. The van der Waals surface area contributed by atoms with Gasteiger partial charge in [-0.1, -0.05) is 13.0 Å². The molecular weight excluding hydrogens is 443 g/mol. The van der Waals surface area contributed by atoms with Gasteiger partial charge in [-0.2, -0.15) is 8.78 Å². The zero-order valence-electron chi connectivity index (χ0n) is 14.6. The molecule has 1 heterocycles. The maximum Gasteiger partial charge on any atom is 0.387 e. The van der Waals surface area contributed by atoms with Gasteiger partial charge >= 0.3 is 6.61 Å². The van der Waals surface area contributed by atoms with Crippen LogP contribution in [-0.2, 0) is 6.42 Å². The molecule has 0 atom stereocenters. The first-order valence-corrected chi connectivity index (χ1v) is 8.16. The first-order chi connectivity index (χ1) is 11.5. The van der Waals surface area contributed by atoms with E-state index in [1.807, 2.05) is 6.07 Å². The number of hydrogen-bond acceptors (Lipinski definition) is 3. The second-order valence-electron chi connectivity index (χ2n) is 6.02. The molecule has 0 unspecified atom stereocenters. The molecule has 1 aromatic carbocycles. The number of nitrogens with zero attached hydrogens (tertiary/aromatic N) is 2. The third-order valence-electron chi connectivity index (χ3n) is 4.23. The lowest BCUT2D eigenvalue weighted by Crippen LogP contribution is -2.42. The lowest BCUT2D eigenvalue weighted by atomic mass is 10.00. The van der Waals surface area contributed by atoms with Crippen LogP contribution in [0.2, 0.25) is 0 Å². The summed E-state index contributed by atoms with van der Waals surface area (Å²) in [6.07, 6.45) is 2.85. The molecule has 1 aromatic rings. The predicted octanol–water partition coefficient (Wildman–Crippen LogP) is 3.50. The third-order valence-corrected chi connectivity index (χ3v) is 4.23.